The molecule has 5 nitrogen and oxygen atoms in total. The van der Waals surface area contributed by atoms with Gasteiger partial charge in [-0.05, 0) is 44.1 Å². The molecule has 4 rings (SSSR count). The Morgan fingerprint density at radius 1 is 1.00 bits per heavy atom. The zero-order chi connectivity index (χ0) is 18.3. The van der Waals surface area contributed by atoms with Gasteiger partial charge in [0.2, 0.25) is 0 Å². The van der Waals surface area contributed by atoms with Crippen molar-refractivity contribution in [1.82, 2.24) is 4.90 Å². The maximum Gasteiger partial charge on any atom is 0.264 e. The van der Waals surface area contributed by atoms with Crippen molar-refractivity contribution in [3.8, 4) is 0 Å². The van der Waals surface area contributed by atoms with Crippen molar-refractivity contribution >= 4 is 32.2 Å². The predicted molar refractivity (Wildman–Crippen MR) is 108 cm³/mol. The van der Waals surface area contributed by atoms with Crippen LogP contribution in [0.2, 0.25) is 0 Å². The van der Waals surface area contributed by atoms with Crippen LogP contribution in [0.3, 0.4) is 0 Å². The fourth-order valence-electron chi connectivity index (χ4n) is 4.19. The molecule has 0 aliphatic carbocycles. The van der Waals surface area contributed by atoms with Crippen molar-refractivity contribution in [2.75, 3.05) is 49.0 Å². The fourth-order valence-corrected chi connectivity index (χ4v) is 5.62. The van der Waals surface area contributed by atoms with Crippen LogP contribution in [-0.4, -0.2) is 53.1 Å². The van der Waals surface area contributed by atoms with Crippen molar-refractivity contribution in [3.63, 3.8) is 0 Å². The zero-order valence-corrected chi connectivity index (χ0v) is 16.4. The molecule has 2 aromatic carbocycles. The van der Waals surface area contributed by atoms with E-state index in [4.69, 9.17) is 0 Å². The zero-order valence-electron chi connectivity index (χ0n) is 15.6. The SMILES string of the molecule is CCCCN1CCCN(c2ccc3c4c(cccc24)S(=O)(=O)N3C)CC1. The maximum atomic E-state index is 12.7. The van der Waals surface area contributed by atoms with Crippen LogP contribution in [0.5, 0.6) is 0 Å². The molecular formula is C20H27N3O2S. The summed E-state index contributed by atoms with van der Waals surface area (Å²) in [5.41, 5.74) is 1.95. The van der Waals surface area contributed by atoms with Crippen LogP contribution < -0.4 is 9.21 Å². The Morgan fingerprint density at radius 3 is 2.62 bits per heavy atom. The first-order valence-electron chi connectivity index (χ1n) is 9.56. The molecule has 26 heavy (non-hydrogen) atoms. The summed E-state index contributed by atoms with van der Waals surface area (Å²) < 4.78 is 26.7. The van der Waals surface area contributed by atoms with Gasteiger partial charge in [0.25, 0.3) is 10.0 Å². The number of sulfonamides is 1. The van der Waals surface area contributed by atoms with Gasteiger partial charge in [-0.25, -0.2) is 8.42 Å². The fraction of sp³-hybridized carbons (Fsp3) is 0.500. The first-order chi connectivity index (χ1) is 12.5. The number of hydrogen-bond donors (Lipinski definition) is 0. The lowest BCUT2D eigenvalue weighted by Crippen LogP contribution is -2.31. The van der Waals surface area contributed by atoms with Gasteiger partial charge in [0, 0.05) is 43.1 Å². The van der Waals surface area contributed by atoms with Gasteiger partial charge in [-0.2, -0.15) is 0 Å². The summed E-state index contributed by atoms with van der Waals surface area (Å²) in [5, 5.41) is 1.93. The van der Waals surface area contributed by atoms with Gasteiger partial charge in [-0.1, -0.05) is 25.5 Å². The lowest BCUT2D eigenvalue weighted by molar-refractivity contribution is 0.289. The highest BCUT2D eigenvalue weighted by atomic mass is 32.2. The highest BCUT2D eigenvalue weighted by molar-refractivity contribution is 7.93. The lowest BCUT2D eigenvalue weighted by Gasteiger charge is -2.25. The number of rotatable bonds is 4. The van der Waals surface area contributed by atoms with Crippen LogP contribution in [0, 0.1) is 0 Å². The van der Waals surface area contributed by atoms with Crippen molar-refractivity contribution in [3.05, 3.63) is 30.3 Å². The first kappa shape index (κ1) is 17.6. The van der Waals surface area contributed by atoms with Gasteiger partial charge in [-0.3, -0.25) is 4.31 Å². The molecule has 0 atom stereocenters. The number of anilines is 2. The second-order valence-electron chi connectivity index (χ2n) is 7.29. The molecule has 2 aromatic rings. The van der Waals surface area contributed by atoms with Gasteiger partial charge in [0.15, 0.2) is 0 Å². The van der Waals surface area contributed by atoms with Crippen molar-refractivity contribution < 1.29 is 8.42 Å². The van der Waals surface area contributed by atoms with Crippen LogP contribution in [0.15, 0.2) is 35.2 Å². The summed E-state index contributed by atoms with van der Waals surface area (Å²) in [5.74, 6) is 0. The number of hydrogen-bond acceptors (Lipinski definition) is 4. The quantitative estimate of drug-likeness (QED) is 0.825. The number of unbranched alkanes of at least 4 members (excludes halogenated alkanes) is 1. The van der Waals surface area contributed by atoms with Crippen LogP contribution in [-0.2, 0) is 10.0 Å². The van der Waals surface area contributed by atoms with E-state index in [2.05, 4.69) is 28.9 Å². The highest BCUT2D eigenvalue weighted by Crippen LogP contribution is 2.44. The van der Waals surface area contributed by atoms with E-state index in [-0.39, 0.29) is 0 Å². The van der Waals surface area contributed by atoms with Crippen molar-refractivity contribution in [2.24, 2.45) is 0 Å². The molecule has 0 radical (unpaired) electrons. The van der Waals surface area contributed by atoms with Gasteiger partial charge >= 0.3 is 0 Å². The Labute approximate surface area is 156 Å². The molecule has 2 heterocycles. The van der Waals surface area contributed by atoms with E-state index in [0.717, 1.165) is 54.7 Å². The molecule has 0 aromatic heterocycles. The smallest absolute Gasteiger partial charge is 0.264 e. The van der Waals surface area contributed by atoms with Crippen LogP contribution in [0.25, 0.3) is 10.8 Å². The summed E-state index contributed by atoms with van der Waals surface area (Å²) >= 11 is 0. The van der Waals surface area contributed by atoms with Crippen LogP contribution in [0.4, 0.5) is 11.4 Å². The average Bonchev–Trinajstić information content (AvgIpc) is 2.81. The summed E-state index contributed by atoms with van der Waals surface area (Å²) in [4.78, 5) is 5.43. The molecule has 140 valence electrons. The van der Waals surface area contributed by atoms with Crippen molar-refractivity contribution in [2.45, 2.75) is 31.1 Å². The average molecular weight is 374 g/mol. The summed E-state index contributed by atoms with van der Waals surface area (Å²) in [6.07, 6.45) is 3.63. The molecule has 0 unspecified atom stereocenters. The van der Waals surface area contributed by atoms with E-state index in [1.54, 1.807) is 13.1 Å². The topological polar surface area (TPSA) is 43.9 Å². The monoisotopic (exact) mass is 373 g/mol. The van der Waals surface area contributed by atoms with Gasteiger partial charge in [0.1, 0.15) is 0 Å². The Bertz CT molecular complexity index is 926. The molecular weight excluding hydrogens is 346 g/mol. The second kappa shape index (κ2) is 6.74. The standard InChI is InChI=1S/C20H27N3O2S/c1-3-4-11-22-12-6-13-23(15-14-22)17-9-10-18-20-16(17)7-5-8-19(20)26(24,25)21(18)2/h5,7-10H,3-4,6,11-15H2,1-2H3. The first-order valence-corrected chi connectivity index (χ1v) is 11.0. The van der Waals surface area contributed by atoms with E-state index in [9.17, 15) is 8.42 Å². The van der Waals surface area contributed by atoms with Crippen molar-refractivity contribution in [1.29, 1.82) is 0 Å². The third-order valence-electron chi connectivity index (χ3n) is 5.69. The normalized spacial score (nSPS) is 19.9. The van der Waals surface area contributed by atoms with E-state index in [1.807, 2.05) is 12.1 Å². The number of nitrogens with zero attached hydrogens (tertiary/aromatic N) is 3. The molecule has 0 saturated carbocycles. The van der Waals surface area contributed by atoms with E-state index in [1.165, 1.54) is 23.7 Å². The molecule has 2 aliphatic rings. The predicted octanol–water partition coefficient (Wildman–Crippen LogP) is 3.29. The molecule has 1 saturated heterocycles. The Hall–Kier alpha value is -1.79. The van der Waals surface area contributed by atoms with Gasteiger partial charge < -0.3 is 9.80 Å². The Morgan fingerprint density at radius 2 is 1.81 bits per heavy atom. The largest absolute Gasteiger partial charge is 0.370 e. The van der Waals surface area contributed by atoms with Crippen LogP contribution in [0.1, 0.15) is 26.2 Å². The molecule has 1 fully saturated rings. The minimum atomic E-state index is -3.40. The Balaban J connectivity index is 1.70. The molecule has 6 heteroatoms. The maximum absolute atomic E-state index is 12.7. The Kier molecular flexibility index (Phi) is 4.57. The summed E-state index contributed by atoms with van der Waals surface area (Å²) in [6, 6.07) is 9.72. The second-order valence-corrected chi connectivity index (χ2v) is 9.23. The highest BCUT2D eigenvalue weighted by Gasteiger charge is 2.34. The van der Waals surface area contributed by atoms with E-state index < -0.39 is 10.0 Å². The minimum absolute atomic E-state index is 0.439. The molecule has 0 N–H and O–H groups in total. The van der Waals surface area contributed by atoms with Crippen LogP contribution >= 0.6 is 0 Å². The van der Waals surface area contributed by atoms with E-state index >= 15 is 0 Å². The summed E-state index contributed by atoms with van der Waals surface area (Å²) in [7, 11) is -1.76. The van der Waals surface area contributed by atoms with Gasteiger partial charge in [-0.15, -0.1) is 0 Å². The molecule has 0 spiro atoms. The number of benzene rings is 2. The third kappa shape index (κ3) is 2.76. The molecule has 0 amide bonds. The molecule has 2 aliphatic heterocycles. The lowest BCUT2D eigenvalue weighted by atomic mass is 10.1. The molecule has 0 bridgehead atoms. The van der Waals surface area contributed by atoms with E-state index in [0.29, 0.717) is 4.90 Å². The third-order valence-corrected chi connectivity index (χ3v) is 7.51. The summed E-state index contributed by atoms with van der Waals surface area (Å²) in [6.45, 7) is 7.64. The van der Waals surface area contributed by atoms with Gasteiger partial charge in [0.05, 0.1) is 10.6 Å². The minimum Gasteiger partial charge on any atom is -0.370 e.